The normalized spacial score (nSPS) is 10.8. The molecule has 3 nitrogen and oxygen atoms in total. The second kappa shape index (κ2) is 7.27. The zero-order chi connectivity index (χ0) is 15.2. The molecule has 1 aromatic carbocycles. The van der Waals surface area contributed by atoms with Gasteiger partial charge in [0, 0.05) is 23.0 Å². The number of carbonyl (C=O) groups is 1. The van der Waals surface area contributed by atoms with Crippen molar-refractivity contribution >= 4 is 22.9 Å². The summed E-state index contributed by atoms with van der Waals surface area (Å²) >= 11 is 1.69. The SMILES string of the molecule is CC(C)N(Cc1cccs1)C(=O)CCc1cccc(N)c1. The second-order valence-electron chi connectivity index (χ2n) is 5.44. The minimum Gasteiger partial charge on any atom is -0.399 e. The highest BCUT2D eigenvalue weighted by atomic mass is 32.1. The van der Waals surface area contributed by atoms with Crippen molar-refractivity contribution in [3.63, 3.8) is 0 Å². The first kappa shape index (κ1) is 15.6. The van der Waals surface area contributed by atoms with Crippen LogP contribution in [0, 0.1) is 0 Å². The molecule has 1 heterocycles. The highest BCUT2D eigenvalue weighted by Crippen LogP contribution is 2.16. The summed E-state index contributed by atoms with van der Waals surface area (Å²) < 4.78 is 0. The minimum absolute atomic E-state index is 0.195. The summed E-state index contributed by atoms with van der Waals surface area (Å²) in [6.07, 6.45) is 1.25. The van der Waals surface area contributed by atoms with Gasteiger partial charge in [-0.05, 0) is 49.4 Å². The Morgan fingerprint density at radius 1 is 1.29 bits per heavy atom. The van der Waals surface area contributed by atoms with Crippen LogP contribution in [0.3, 0.4) is 0 Å². The summed E-state index contributed by atoms with van der Waals surface area (Å²) in [5.41, 5.74) is 7.63. The quantitative estimate of drug-likeness (QED) is 0.827. The molecule has 0 aliphatic carbocycles. The molecule has 21 heavy (non-hydrogen) atoms. The van der Waals surface area contributed by atoms with Crippen molar-refractivity contribution in [3.8, 4) is 0 Å². The molecule has 1 amide bonds. The molecule has 4 heteroatoms. The Hall–Kier alpha value is -1.81. The third kappa shape index (κ3) is 4.60. The van der Waals surface area contributed by atoms with E-state index in [1.165, 1.54) is 4.88 Å². The van der Waals surface area contributed by atoms with Crippen molar-refractivity contribution in [2.75, 3.05) is 5.73 Å². The van der Waals surface area contributed by atoms with Gasteiger partial charge < -0.3 is 10.6 Å². The van der Waals surface area contributed by atoms with Crippen LogP contribution in [0.15, 0.2) is 41.8 Å². The molecule has 1 aromatic heterocycles. The van der Waals surface area contributed by atoms with Gasteiger partial charge in [0.15, 0.2) is 0 Å². The fraction of sp³-hybridized carbons (Fsp3) is 0.353. The number of nitrogens with two attached hydrogens (primary N) is 1. The lowest BCUT2D eigenvalue weighted by atomic mass is 10.1. The second-order valence-corrected chi connectivity index (χ2v) is 6.47. The first-order chi connectivity index (χ1) is 10.1. The van der Waals surface area contributed by atoms with Gasteiger partial charge in [0.25, 0.3) is 0 Å². The van der Waals surface area contributed by atoms with E-state index in [1.807, 2.05) is 40.6 Å². The molecule has 0 bridgehead atoms. The third-order valence-corrected chi connectivity index (χ3v) is 4.29. The summed E-state index contributed by atoms with van der Waals surface area (Å²) in [7, 11) is 0. The Balaban J connectivity index is 1.95. The fourth-order valence-corrected chi connectivity index (χ4v) is 2.98. The van der Waals surface area contributed by atoms with Crippen LogP contribution in [0.1, 0.15) is 30.7 Å². The third-order valence-electron chi connectivity index (χ3n) is 3.43. The van der Waals surface area contributed by atoms with E-state index in [2.05, 4.69) is 19.9 Å². The van der Waals surface area contributed by atoms with E-state index in [0.717, 1.165) is 17.7 Å². The van der Waals surface area contributed by atoms with Gasteiger partial charge in [-0.1, -0.05) is 18.2 Å². The Bertz CT molecular complexity index is 578. The first-order valence-electron chi connectivity index (χ1n) is 7.22. The van der Waals surface area contributed by atoms with E-state index < -0.39 is 0 Å². The number of aryl methyl sites for hydroxylation is 1. The van der Waals surface area contributed by atoms with Gasteiger partial charge in [-0.15, -0.1) is 11.3 Å². The number of benzene rings is 1. The van der Waals surface area contributed by atoms with Gasteiger partial charge in [-0.25, -0.2) is 0 Å². The number of anilines is 1. The average Bonchev–Trinajstić information content (AvgIpc) is 2.95. The van der Waals surface area contributed by atoms with Crippen LogP contribution in [0.2, 0.25) is 0 Å². The molecule has 2 N–H and O–H groups in total. The number of thiophene rings is 1. The minimum atomic E-state index is 0.195. The lowest BCUT2D eigenvalue weighted by Gasteiger charge is -2.26. The molecular weight excluding hydrogens is 280 g/mol. The molecule has 0 fully saturated rings. The van der Waals surface area contributed by atoms with Crippen molar-refractivity contribution in [1.29, 1.82) is 0 Å². The molecule has 0 saturated carbocycles. The molecular formula is C17H22N2OS. The van der Waals surface area contributed by atoms with Gasteiger partial charge in [0.1, 0.15) is 0 Å². The Morgan fingerprint density at radius 3 is 2.71 bits per heavy atom. The van der Waals surface area contributed by atoms with Crippen LogP contribution in [0.5, 0.6) is 0 Å². The topological polar surface area (TPSA) is 46.3 Å². The number of amides is 1. The van der Waals surface area contributed by atoms with Crippen molar-refractivity contribution in [2.24, 2.45) is 0 Å². The van der Waals surface area contributed by atoms with E-state index in [4.69, 9.17) is 5.73 Å². The lowest BCUT2D eigenvalue weighted by Crippen LogP contribution is -2.36. The maximum Gasteiger partial charge on any atom is 0.223 e. The zero-order valence-electron chi connectivity index (χ0n) is 12.6. The average molecular weight is 302 g/mol. The monoisotopic (exact) mass is 302 g/mol. The fourth-order valence-electron chi connectivity index (χ4n) is 2.27. The highest BCUT2D eigenvalue weighted by molar-refractivity contribution is 7.09. The Morgan fingerprint density at radius 2 is 2.10 bits per heavy atom. The van der Waals surface area contributed by atoms with Gasteiger partial charge >= 0.3 is 0 Å². The van der Waals surface area contributed by atoms with E-state index >= 15 is 0 Å². The van der Waals surface area contributed by atoms with Crippen LogP contribution in [-0.4, -0.2) is 16.8 Å². The van der Waals surface area contributed by atoms with Crippen molar-refractivity contribution in [2.45, 2.75) is 39.3 Å². The van der Waals surface area contributed by atoms with Gasteiger partial charge in [0.2, 0.25) is 5.91 Å². The standard InChI is InChI=1S/C17H22N2OS/c1-13(2)19(12-16-7-4-10-21-16)17(20)9-8-14-5-3-6-15(18)11-14/h3-7,10-11,13H,8-9,12,18H2,1-2H3. The molecule has 0 radical (unpaired) electrons. The van der Waals surface area contributed by atoms with Crippen LogP contribution >= 0.6 is 11.3 Å². The van der Waals surface area contributed by atoms with E-state index in [1.54, 1.807) is 11.3 Å². The number of hydrogen-bond donors (Lipinski definition) is 1. The summed E-state index contributed by atoms with van der Waals surface area (Å²) in [6, 6.07) is 12.1. The Kier molecular flexibility index (Phi) is 5.39. The molecule has 0 unspecified atom stereocenters. The molecule has 0 aliphatic heterocycles. The summed E-state index contributed by atoms with van der Waals surface area (Å²) in [6.45, 7) is 4.82. The molecule has 0 spiro atoms. The van der Waals surface area contributed by atoms with Gasteiger partial charge in [-0.3, -0.25) is 4.79 Å². The van der Waals surface area contributed by atoms with E-state index in [9.17, 15) is 4.79 Å². The summed E-state index contributed by atoms with van der Waals surface area (Å²) in [5.74, 6) is 0.195. The molecule has 0 saturated heterocycles. The van der Waals surface area contributed by atoms with E-state index in [0.29, 0.717) is 13.0 Å². The lowest BCUT2D eigenvalue weighted by molar-refractivity contribution is -0.133. The largest absolute Gasteiger partial charge is 0.399 e. The van der Waals surface area contributed by atoms with Crippen LogP contribution < -0.4 is 5.73 Å². The molecule has 0 aliphatic rings. The summed E-state index contributed by atoms with van der Waals surface area (Å²) in [4.78, 5) is 15.6. The molecule has 0 atom stereocenters. The molecule has 112 valence electrons. The molecule has 2 rings (SSSR count). The summed E-state index contributed by atoms with van der Waals surface area (Å²) in [5, 5.41) is 2.05. The van der Waals surface area contributed by atoms with Crippen LogP contribution in [0.4, 0.5) is 5.69 Å². The first-order valence-corrected chi connectivity index (χ1v) is 8.10. The van der Waals surface area contributed by atoms with Gasteiger partial charge in [0.05, 0.1) is 6.54 Å². The highest BCUT2D eigenvalue weighted by Gasteiger charge is 2.17. The number of nitrogens with zero attached hydrogens (tertiary/aromatic N) is 1. The van der Waals surface area contributed by atoms with E-state index in [-0.39, 0.29) is 11.9 Å². The van der Waals surface area contributed by atoms with Crippen molar-refractivity contribution in [1.82, 2.24) is 4.90 Å². The maximum absolute atomic E-state index is 12.5. The zero-order valence-corrected chi connectivity index (χ0v) is 13.4. The Labute approximate surface area is 130 Å². The maximum atomic E-state index is 12.5. The number of hydrogen-bond acceptors (Lipinski definition) is 3. The van der Waals surface area contributed by atoms with Gasteiger partial charge in [-0.2, -0.15) is 0 Å². The smallest absolute Gasteiger partial charge is 0.223 e. The number of nitrogen functional groups attached to an aromatic ring is 1. The van der Waals surface area contributed by atoms with Crippen molar-refractivity contribution in [3.05, 3.63) is 52.2 Å². The van der Waals surface area contributed by atoms with Crippen LogP contribution in [0.25, 0.3) is 0 Å². The van der Waals surface area contributed by atoms with Crippen LogP contribution in [-0.2, 0) is 17.8 Å². The molecule has 2 aromatic rings. The predicted octanol–water partition coefficient (Wildman–Crippen LogP) is 3.70. The number of carbonyl (C=O) groups excluding carboxylic acids is 1. The predicted molar refractivity (Wildman–Crippen MR) is 89.2 cm³/mol. The van der Waals surface area contributed by atoms with Crippen molar-refractivity contribution < 1.29 is 4.79 Å². The number of rotatable bonds is 6.